The lowest BCUT2D eigenvalue weighted by molar-refractivity contribution is -0.143. The summed E-state index contributed by atoms with van der Waals surface area (Å²) in [5, 5.41) is 43.9. The zero-order valence-electron chi connectivity index (χ0n) is 21.9. The van der Waals surface area contributed by atoms with Gasteiger partial charge in [0.2, 0.25) is 17.7 Å². The molecule has 1 rings (SSSR count). The number of carboxylic acid groups (broad SMARTS) is 3. The molecule has 4 unspecified atom stereocenters. The van der Waals surface area contributed by atoms with Gasteiger partial charge in [-0.15, -0.1) is 0 Å². The topological polar surface area (TPSA) is 271 Å². The van der Waals surface area contributed by atoms with E-state index in [4.69, 9.17) is 21.7 Å². The van der Waals surface area contributed by atoms with Gasteiger partial charge in [-0.2, -0.15) is 0 Å². The molecule has 1 aromatic carbocycles. The molecule has 1 aromatic rings. The predicted octanol–water partition coefficient (Wildman–Crippen LogP) is -1.34. The second-order valence-electron chi connectivity index (χ2n) is 9.15. The lowest BCUT2D eigenvalue weighted by Crippen LogP contribution is -2.57. The Morgan fingerprint density at radius 2 is 1.18 bits per heavy atom. The first kappa shape index (κ1) is 33.8. The third-order valence-corrected chi connectivity index (χ3v) is 5.85. The van der Waals surface area contributed by atoms with Gasteiger partial charge in [-0.05, 0) is 62.8 Å². The lowest BCUT2D eigenvalue weighted by atomic mass is 10.0. The van der Waals surface area contributed by atoms with Gasteiger partial charge in [0.05, 0.1) is 6.04 Å². The molecule has 40 heavy (non-hydrogen) atoms. The highest BCUT2D eigenvalue weighted by Crippen LogP contribution is 2.11. The number of hydrogen-bond acceptors (Lipinski definition) is 9. The molecule has 3 amide bonds. The van der Waals surface area contributed by atoms with E-state index in [9.17, 15) is 39.0 Å². The molecular weight excluding hydrogens is 530 g/mol. The summed E-state index contributed by atoms with van der Waals surface area (Å²) in [4.78, 5) is 72.4. The Morgan fingerprint density at radius 1 is 0.700 bits per heavy atom. The number of carbonyl (C=O) groups excluding carboxylic acids is 3. The van der Waals surface area contributed by atoms with E-state index in [0.717, 1.165) is 0 Å². The summed E-state index contributed by atoms with van der Waals surface area (Å²) in [5.74, 6) is -6.59. The van der Waals surface area contributed by atoms with Gasteiger partial charge in [0.1, 0.15) is 23.9 Å². The first-order chi connectivity index (χ1) is 18.8. The predicted molar refractivity (Wildman–Crippen MR) is 140 cm³/mol. The number of amides is 3. The second kappa shape index (κ2) is 17.4. The minimum Gasteiger partial charge on any atom is -0.508 e. The summed E-state index contributed by atoms with van der Waals surface area (Å²) in [6.07, 6.45) is -0.859. The Hall–Kier alpha value is -4.24. The third-order valence-electron chi connectivity index (χ3n) is 5.85. The van der Waals surface area contributed by atoms with Crippen molar-refractivity contribution >= 4 is 35.6 Å². The maximum Gasteiger partial charge on any atom is 0.326 e. The van der Waals surface area contributed by atoms with E-state index < -0.39 is 79.1 Å². The molecule has 15 heteroatoms. The monoisotopic (exact) mass is 567 g/mol. The molecule has 0 radical (unpaired) electrons. The maximum atomic E-state index is 13.1. The fourth-order valence-electron chi connectivity index (χ4n) is 3.63. The molecule has 0 aliphatic carbocycles. The van der Waals surface area contributed by atoms with Gasteiger partial charge in [0.25, 0.3) is 0 Å². The lowest BCUT2D eigenvalue weighted by Gasteiger charge is -2.25. The maximum absolute atomic E-state index is 13.1. The van der Waals surface area contributed by atoms with E-state index in [2.05, 4.69) is 16.0 Å². The van der Waals surface area contributed by atoms with Crippen LogP contribution in [0.25, 0.3) is 0 Å². The minimum absolute atomic E-state index is 0.0129. The van der Waals surface area contributed by atoms with Gasteiger partial charge in [-0.3, -0.25) is 24.0 Å². The fourth-order valence-corrected chi connectivity index (χ4v) is 3.63. The van der Waals surface area contributed by atoms with Crippen molar-refractivity contribution in [3.63, 3.8) is 0 Å². The molecule has 0 aliphatic rings. The first-order valence-electron chi connectivity index (χ1n) is 12.6. The zero-order valence-corrected chi connectivity index (χ0v) is 21.9. The van der Waals surface area contributed by atoms with Crippen LogP contribution in [0.1, 0.15) is 50.5 Å². The van der Waals surface area contributed by atoms with Crippen LogP contribution in [0.3, 0.4) is 0 Å². The van der Waals surface area contributed by atoms with Crippen LogP contribution in [0.5, 0.6) is 5.75 Å². The standard InChI is InChI=1S/C25H37N5O10/c26-12-2-1-3-19(25(39)40)30-24(38)18(9-11-21(34)35)29-23(37)17(8-10-20(32)33)28-22(36)16(27)13-14-4-6-15(31)7-5-14/h4-7,16-19,31H,1-3,8-13,26-27H2,(H,28,36)(H,29,37)(H,30,38)(H,32,33)(H,34,35)(H,39,40). The number of benzene rings is 1. The van der Waals surface area contributed by atoms with Crippen LogP contribution in [0.15, 0.2) is 24.3 Å². The molecule has 0 saturated heterocycles. The number of rotatable bonds is 19. The summed E-state index contributed by atoms with van der Waals surface area (Å²) >= 11 is 0. The molecule has 0 fully saturated rings. The van der Waals surface area contributed by atoms with E-state index >= 15 is 0 Å². The van der Waals surface area contributed by atoms with Crippen LogP contribution in [-0.2, 0) is 35.2 Å². The SMILES string of the molecule is NCCCCC(NC(=O)C(CCC(=O)O)NC(=O)C(CCC(=O)O)NC(=O)C(N)Cc1ccc(O)cc1)C(=O)O. The van der Waals surface area contributed by atoms with Gasteiger partial charge in [0, 0.05) is 12.8 Å². The van der Waals surface area contributed by atoms with Crippen LogP contribution < -0.4 is 27.4 Å². The van der Waals surface area contributed by atoms with Crippen molar-refractivity contribution in [3.05, 3.63) is 29.8 Å². The zero-order chi connectivity index (χ0) is 30.2. The number of carboxylic acids is 3. The highest BCUT2D eigenvalue weighted by molar-refractivity contribution is 5.94. The van der Waals surface area contributed by atoms with E-state index in [1.807, 2.05) is 0 Å². The number of carbonyl (C=O) groups is 6. The van der Waals surface area contributed by atoms with Crippen molar-refractivity contribution in [1.29, 1.82) is 0 Å². The molecule has 15 nitrogen and oxygen atoms in total. The normalized spacial score (nSPS) is 13.8. The van der Waals surface area contributed by atoms with Crippen molar-refractivity contribution < 1.29 is 49.2 Å². The summed E-state index contributed by atoms with van der Waals surface area (Å²) in [6.45, 7) is 0.319. The third kappa shape index (κ3) is 13.0. The van der Waals surface area contributed by atoms with Crippen molar-refractivity contribution in [3.8, 4) is 5.75 Å². The molecule has 4 atom stereocenters. The Balaban J connectivity index is 3.01. The number of nitrogens with two attached hydrogens (primary N) is 2. The first-order valence-corrected chi connectivity index (χ1v) is 12.6. The van der Waals surface area contributed by atoms with Crippen LogP contribution >= 0.6 is 0 Å². The minimum atomic E-state index is -1.49. The van der Waals surface area contributed by atoms with Gasteiger partial charge in [-0.1, -0.05) is 12.1 Å². The van der Waals surface area contributed by atoms with Crippen molar-refractivity contribution in [2.75, 3.05) is 6.54 Å². The summed E-state index contributed by atoms with van der Waals surface area (Å²) in [7, 11) is 0. The van der Waals surface area contributed by atoms with Crippen LogP contribution in [0.2, 0.25) is 0 Å². The van der Waals surface area contributed by atoms with E-state index in [0.29, 0.717) is 24.9 Å². The van der Waals surface area contributed by atoms with Gasteiger partial charge in [0.15, 0.2) is 0 Å². The summed E-state index contributed by atoms with van der Waals surface area (Å²) in [5.41, 5.74) is 12.0. The molecule has 0 heterocycles. The van der Waals surface area contributed by atoms with Crippen LogP contribution in [0, 0.1) is 0 Å². The fraction of sp³-hybridized carbons (Fsp3) is 0.520. The smallest absolute Gasteiger partial charge is 0.326 e. The number of hydrogen-bond donors (Lipinski definition) is 9. The Labute approximate surface area is 230 Å². The van der Waals surface area contributed by atoms with Gasteiger partial charge in [-0.25, -0.2) is 4.79 Å². The highest BCUT2D eigenvalue weighted by Gasteiger charge is 2.31. The largest absolute Gasteiger partial charge is 0.508 e. The van der Waals surface area contributed by atoms with E-state index in [1.54, 1.807) is 12.1 Å². The second-order valence-corrected chi connectivity index (χ2v) is 9.15. The molecule has 0 aliphatic heterocycles. The van der Waals surface area contributed by atoms with Gasteiger partial charge < -0.3 is 47.8 Å². The Kier molecular flexibility index (Phi) is 14.7. The van der Waals surface area contributed by atoms with Crippen molar-refractivity contribution in [1.82, 2.24) is 16.0 Å². The molecule has 0 bridgehead atoms. The summed E-state index contributed by atoms with van der Waals surface area (Å²) < 4.78 is 0. The number of phenols is 1. The number of phenolic OH excluding ortho intramolecular Hbond substituents is 1. The van der Waals surface area contributed by atoms with Gasteiger partial charge >= 0.3 is 17.9 Å². The van der Waals surface area contributed by atoms with Crippen molar-refractivity contribution in [2.24, 2.45) is 11.5 Å². The average molecular weight is 568 g/mol. The van der Waals surface area contributed by atoms with Crippen LogP contribution in [0.4, 0.5) is 0 Å². The number of nitrogens with one attached hydrogen (secondary N) is 3. The van der Waals surface area contributed by atoms with E-state index in [-0.39, 0.29) is 25.0 Å². The Bertz CT molecular complexity index is 1030. The molecule has 222 valence electrons. The summed E-state index contributed by atoms with van der Waals surface area (Å²) in [6, 6.07) is 0.484. The van der Waals surface area contributed by atoms with Crippen LogP contribution in [-0.4, -0.2) is 86.8 Å². The van der Waals surface area contributed by atoms with Crippen molar-refractivity contribution in [2.45, 2.75) is 75.5 Å². The molecular formula is C25H37N5O10. The molecule has 11 N–H and O–H groups in total. The number of aromatic hydroxyl groups is 1. The highest BCUT2D eigenvalue weighted by atomic mass is 16.4. The average Bonchev–Trinajstić information content (AvgIpc) is 2.88. The quantitative estimate of drug-likeness (QED) is 0.0879. The number of aliphatic carboxylic acids is 3. The Morgan fingerprint density at radius 3 is 1.62 bits per heavy atom. The molecule has 0 spiro atoms. The molecule has 0 aromatic heterocycles. The molecule has 0 saturated carbocycles. The van der Waals surface area contributed by atoms with E-state index in [1.165, 1.54) is 12.1 Å². The number of unbranched alkanes of at least 4 members (excludes halogenated alkanes) is 1.